The van der Waals surface area contributed by atoms with Crippen molar-refractivity contribution in [1.82, 2.24) is 10.3 Å². The maximum atomic E-state index is 12.2. The van der Waals surface area contributed by atoms with E-state index in [2.05, 4.69) is 26.2 Å². The summed E-state index contributed by atoms with van der Waals surface area (Å²) in [6, 6.07) is 6.75. The number of fused-ring (bicyclic) bond motifs is 1. The fraction of sp³-hybridized carbons (Fsp3) is 0.286. The Labute approximate surface area is 124 Å². The van der Waals surface area contributed by atoms with Gasteiger partial charge in [0, 0.05) is 29.1 Å². The normalized spacial score (nSPS) is 10.7. The molecule has 0 bridgehead atoms. The zero-order chi connectivity index (χ0) is 14.5. The molecule has 5 nitrogen and oxygen atoms in total. The SMILES string of the molecule is CCOCCNC(=O)c1cc(=O)[nH]c2c(Br)cccc12. The molecule has 0 saturated heterocycles. The van der Waals surface area contributed by atoms with E-state index in [-0.39, 0.29) is 11.5 Å². The molecule has 0 radical (unpaired) electrons. The highest BCUT2D eigenvalue weighted by atomic mass is 79.9. The Balaban J connectivity index is 2.31. The minimum absolute atomic E-state index is 0.279. The van der Waals surface area contributed by atoms with Gasteiger partial charge in [-0.1, -0.05) is 12.1 Å². The first kappa shape index (κ1) is 14.7. The van der Waals surface area contributed by atoms with E-state index in [0.29, 0.717) is 36.2 Å². The summed E-state index contributed by atoms with van der Waals surface area (Å²) in [7, 11) is 0. The number of nitrogens with one attached hydrogen (secondary N) is 2. The van der Waals surface area contributed by atoms with Crippen molar-refractivity contribution in [2.75, 3.05) is 19.8 Å². The highest BCUT2D eigenvalue weighted by molar-refractivity contribution is 9.10. The smallest absolute Gasteiger partial charge is 0.252 e. The molecule has 0 aliphatic heterocycles. The summed E-state index contributed by atoms with van der Waals surface area (Å²) in [5, 5.41) is 3.44. The van der Waals surface area contributed by atoms with Crippen molar-refractivity contribution < 1.29 is 9.53 Å². The van der Waals surface area contributed by atoms with E-state index >= 15 is 0 Å². The second kappa shape index (κ2) is 6.67. The fourth-order valence-corrected chi connectivity index (χ4v) is 2.37. The van der Waals surface area contributed by atoms with Crippen molar-refractivity contribution in [3.05, 3.63) is 44.7 Å². The Bertz CT molecular complexity index is 682. The predicted octanol–water partition coefficient (Wildman–Crippen LogP) is 2.06. The van der Waals surface area contributed by atoms with Crippen molar-refractivity contribution in [3.63, 3.8) is 0 Å². The van der Waals surface area contributed by atoms with Gasteiger partial charge in [-0.15, -0.1) is 0 Å². The van der Waals surface area contributed by atoms with Gasteiger partial charge in [0.1, 0.15) is 0 Å². The van der Waals surface area contributed by atoms with E-state index in [1.54, 1.807) is 6.07 Å². The largest absolute Gasteiger partial charge is 0.380 e. The molecule has 2 N–H and O–H groups in total. The average Bonchev–Trinajstić information content (AvgIpc) is 2.43. The molecule has 1 aromatic carbocycles. The Morgan fingerprint density at radius 3 is 3.00 bits per heavy atom. The molecule has 2 aromatic rings. The van der Waals surface area contributed by atoms with Crippen molar-refractivity contribution >= 4 is 32.7 Å². The Morgan fingerprint density at radius 2 is 2.25 bits per heavy atom. The molecule has 0 saturated carbocycles. The third-order valence-corrected chi connectivity index (χ3v) is 3.47. The fourth-order valence-electron chi connectivity index (χ4n) is 1.91. The molecule has 106 valence electrons. The number of carbonyl (C=O) groups excluding carboxylic acids is 1. The maximum Gasteiger partial charge on any atom is 0.252 e. The maximum absolute atomic E-state index is 12.2. The lowest BCUT2D eigenvalue weighted by molar-refractivity contribution is 0.0924. The zero-order valence-corrected chi connectivity index (χ0v) is 12.6. The molecule has 0 aliphatic rings. The van der Waals surface area contributed by atoms with Crippen LogP contribution in [0.15, 0.2) is 33.5 Å². The van der Waals surface area contributed by atoms with Crippen LogP contribution in [0.2, 0.25) is 0 Å². The molecule has 0 fully saturated rings. The summed E-state index contributed by atoms with van der Waals surface area (Å²) in [6.07, 6.45) is 0. The first-order valence-corrected chi connectivity index (χ1v) is 7.10. The predicted molar refractivity (Wildman–Crippen MR) is 81.1 cm³/mol. The number of hydrogen-bond acceptors (Lipinski definition) is 3. The molecule has 0 atom stereocenters. The number of aromatic nitrogens is 1. The van der Waals surface area contributed by atoms with Gasteiger partial charge >= 0.3 is 0 Å². The monoisotopic (exact) mass is 338 g/mol. The molecule has 1 heterocycles. The van der Waals surface area contributed by atoms with E-state index < -0.39 is 0 Å². The number of pyridine rings is 1. The second-order valence-corrected chi connectivity index (χ2v) is 5.02. The summed E-state index contributed by atoms with van der Waals surface area (Å²) < 4.78 is 5.91. The molecular weight excluding hydrogens is 324 g/mol. The van der Waals surface area contributed by atoms with Crippen molar-refractivity contribution in [1.29, 1.82) is 0 Å². The van der Waals surface area contributed by atoms with Crippen LogP contribution in [-0.2, 0) is 4.74 Å². The molecular formula is C14H15BrN2O3. The van der Waals surface area contributed by atoms with E-state index in [9.17, 15) is 9.59 Å². The zero-order valence-electron chi connectivity index (χ0n) is 11.0. The van der Waals surface area contributed by atoms with Crippen LogP contribution in [0, 0.1) is 0 Å². The summed E-state index contributed by atoms with van der Waals surface area (Å²) in [5.41, 5.74) is 0.677. The van der Waals surface area contributed by atoms with Crippen LogP contribution >= 0.6 is 15.9 Å². The van der Waals surface area contributed by atoms with Crippen molar-refractivity contribution in [3.8, 4) is 0 Å². The molecule has 6 heteroatoms. The summed E-state index contributed by atoms with van der Waals surface area (Å²) in [4.78, 5) is 26.5. The lowest BCUT2D eigenvalue weighted by Gasteiger charge is -2.08. The highest BCUT2D eigenvalue weighted by Crippen LogP contribution is 2.23. The number of ether oxygens (including phenoxy) is 1. The lowest BCUT2D eigenvalue weighted by Crippen LogP contribution is -2.28. The van der Waals surface area contributed by atoms with E-state index in [1.165, 1.54) is 6.07 Å². The third-order valence-electron chi connectivity index (χ3n) is 2.81. The van der Waals surface area contributed by atoms with Gasteiger partial charge in [0.2, 0.25) is 5.56 Å². The third kappa shape index (κ3) is 3.26. The number of para-hydroxylation sites is 1. The minimum Gasteiger partial charge on any atom is -0.380 e. The molecule has 0 unspecified atom stereocenters. The van der Waals surface area contributed by atoms with Gasteiger partial charge < -0.3 is 15.0 Å². The van der Waals surface area contributed by atoms with Crippen LogP contribution in [0.25, 0.3) is 10.9 Å². The number of rotatable bonds is 5. The van der Waals surface area contributed by atoms with Gasteiger partial charge in [-0.05, 0) is 28.9 Å². The van der Waals surface area contributed by atoms with E-state index in [4.69, 9.17) is 4.74 Å². The van der Waals surface area contributed by atoms with Crippen LogP contribution in [0.1, 0.15) is 17.3 Å². The number of hydrogen-bond donors (Lipinski definition) is 2. The van der Waals surface area contributed by atoms with Gasteiger partial charge in [0.25, 0.3) is 5.91 Å². The highest BCUT2D eigenvalue weighted by Gasteiger charge is 2.12. The van der Waals surface area contributed by atoms with Crippen LogP contribution < -0.4 is 10.9 Å². The van der Waals surface area contributed by atoms with Crippen LogP contribution in [0.3, 0.4) is 0 Å². The average molecular weight is 339 g/mol. The van der Waals surface area contributed by atoms with Crippen LogP contribution in [-0.4, -0.2) is 30.6 Å². The Hall–Kier alpha value is -1.66. The first-order chi connectivity index (χ1) is 9.63. The lowest BCUT2D eigenvalue weighted by atomic mass is 10.1. The number of carbonyl (C=O) groups is 1. The summed E-state index contributed by atoms with van der Waals surface area (Å²) in [6.45, 7) is 3.36. The number of H-pyrrole nitrogens is 1. The van der Waals surface area contributed by atoms with Crippen LogP contribution in [0.5, 0.6) is 0 Å². The quantitative estimate of drug-likeness (QED) is 0.819. The molecule has 1 amide bonds. The topological polar surface area (TPSA) is 71.2 Å². The molecule has 2 rings (SSSR count). The molecule has 0 aliphatic carbocycles. The van der Waals surface area contributed by atoms with Crippen LogP contribution in [0.4, 0.5) is 0 Å². The molecule has 0 spiro atoms. The second-order valence-electron chi connectivity index (χ2n) is 4.16. The van der Waals surface area contributed by atoms with Crippen molar-refractivity contribution in [2.45, 2.75) is 6.92 Å². The van der Waals surface area contributed by atoms with E-state index in [0.717, 1.165) is 4.47 Å². The van der Waals surface area contributed by atoms with Gasteiger partial charge in [-0.25, -0.2) is 0 Å². The Morgan fingerprint density at radius 1 is 1.45 bits per heavy atom. The Kier molecular flexibility index (Phi) is 4.92. The van der Waals surface area contributed by atoms with Gasteiger partial charge in [0.05, 0.1) is 17.7 Å². The van der Waals surface area contributed by atoms with Gasteiger partial charge in [-0.2, -0.15) is 0 Å². The standard InChI is InChI=1S/C14H15BrN2O3/c1-2-20-7-6-16-14(19)10-8-12(18)17-13-9(10)4-3-5-11(13)15/h3-5,8H,2,6-7H2,1H3,(H,16,19)(H,17,18). The van der Waals surface area contributed by atoms with E-state index in [1.807, 2.05) is 19.1 Å². The number of halogens is 1. The summed E-state index contributed by atoms with van der Waals surface area (Å²) in [5.74, 6) is -0.279. The first-order valence-electron chi connectivity index (χ1n) is 6.31. The summed E-state index contributed by atoms with van der Waals surface area (Å²) >= 11 is 3.37. The minimum atomic E-state index is -0.306. The number of aromatic amines is 1. The van der Waals surface area contributed by atoms with Gasteiger partial charge in [-0.3, -0.25) is 9.59 Å². The number of benzene rings is 1. The number of amides is 1. The van der Waals surface area contributed by atoms with Crippen molar-refractivity contribution in [2.24, 2.45) is 0 Å². The van der Waals surface area contributed by atoms with Gasteiger partial charge in [0.15, 0.2) is 0 Å². The molecule has 20 heavy (non-hydrogen) atoms. The molecule has 1 aromatic heterocycles.